The van der Waals surface area contributed by atoms with E-state index >= 15 is 0 Å². The van der Waals surface area contributed by atoms with Crippen molar-refractivity contribution in [3.63, 3.8) is 0 Å². The predicted molar refractivity (Wildman–Crippen MR) is 62.3 cm³/mol. The highest BCUT2D eigenvalue weighted by molar-refractivity contribution is 6.60. The first-order valence-corrected chi connectivity index (χ1v) is 5.06. The Labute approximate surface area is 102 Å². The molecule has 0 saturated carbocycles. The zero-order valence-corrected chi connectivity index (χ0v) is 9.42. The number of halogens is 1. The SMILES string of the molecule is N[C@@H](Cc1cc(Cl)cc(B(O)O)c1O)C(=O)O. The van der Waals surface area contributed by atoms with Crippen LogP contribution in [0, 0.1) is 0 Å². The molecule has 0 saturated heterocycles. The van der Waals surface area contributed by atoms with Gasteiger partial charge in [-0.05, 0) is 17.7 Å². The summed E-state index contributed by atoms with van der Waals surface area (Å²) in [6.07, 6.45) is -0.165. The number of phenolic OH excluding ortho intramolecular Hbond substituents is 1. The van der Waals surface area contributed by atoms with Crippen LogP contribution >= 0.6 is 11.6 Å². The number of carboxylic acid groups (broad SMARTS) is 1. The van der Waals surface area contributed by atoms with Gasteiger partial charge in [-0.15, -0.1) is 0 Å². The van der Waals surface area contributed by atoms with Crippen molar-refractivity contribution in [3.8, 4) is 5.75 Å². The van der Waals surface area contributed by atoms with Crippen LogP contribution in [-0.4, -0.2) is 39.4 Å². The first kappa shape index (κ1) is 13.8. The minimum absolute atomic E-state index is 0.149. The minimum atomic E-state index is -1.89. The van der Waals surface area contributed by atoms with E-state index in [1.165, 1.54) is 12.1 Å². The fourth-order valence-electron chi connectivity index (χ4n) is 1.36. The lowest BCUT2D eigenvalue weighted by atomic mass is 9.78. The summed E-state index contributed by atoms with van der Waals surface area (Å²) in [6.45, 7) is 0. The molecule has 0 fully saturated rings. The van der Waals surface area contributed by atoms with E-state index in [-0.39, 0.29) is 22.5 Å². The standard InChI is InChI=1S/C9H11BClNO5/c11-5-1-4(2-7(12)9(14)15)8(13)6(3-5)10(16)17/h1,3,7,13,16-17H,2,12H2,(H,14,15)/t7-/m0/s1. The predicted octanol–water partition coefficient (Wildman–Crippen LogP) is -1.32. The number of phenols is 1. The van der Waals surface area contributed by atoms with Crippen LogP contribution in [0.25, 0.3) is 0 Å². The lowest BCUT2D eigenvalue weighted by molar-refractivity contribution is -0.138. The number of aliphatic carboxylic acids is 1. The molecule has 1 aromatic rings. The molecule has 6 nitrogen and oxygen atoms in total. The van der Waals surface area contributed by atoms with Crippen molar-refractivity contribution in [2.45, 2.75) is 12.5 Å². The van der Waals surface area contributed by atoms with Crippen LogP contribution in [0.3, 0.4) is 0 Å². The molecule has 0 aliphatic heterocycles. The number of rotatable bonds is 4. The second-order valence-electron chi connectivity index (χ2n) is 3.53. The van der Waals surface area contributed by atoms with E-state index < -0.39 is 24.9 Å². The highest BCUT2D eigenvalue weighted by Crippen LogP contribution is 2.21. The second kappa shape index (κ2) is 5.37. The monoisotopic (exact) mass is 259 g/mol. The van der Waals surface area contributed by atoms with Crippen molar-refractivity contribution in [1.82, 2.24) is 0 Å². The van der Waals surface area contributed by atoms with Gasteiger partial charge in [0.15, 0.2) is 0 Å². The Morgan fingerprint density at radius 1 is 1.47 bits per heavy atom. The lowest BCUT2D eigenvalue weighted by Crippen LogP contribution is -2.34. The van der Waals surface area contributed by atoms with Gasteiger partial charge in [-0.2, -0.15) is 0 Å². The van der Waals surface area contributed by atoms with Crippen molar-refractivity contribution in [1.29, 1.82) is 0 Å². The third-order valence-corrected chi connectivity index (χ3v) is 2.44. The Morgan fingerprint density at radius 3 is 2.53 bits per heavy atom. The number of carbonyl (C=O) groups is 1. The van der Waals surface area contributed by atoms with Crippen molar-refractivity contribution >= 4 is 30.2 Å². The summed E-state index contributed by atoms with van der Waals surface area (Å²) < 4.78 is 0. The Morgan fingerprint density at radius 2 is 2.06 bits per heavy atom. The molecule has 0 radical (unpaired) electrons. The van der Waals surface area contributed by atoms with Gasteiger partial charge in [0.2, 0.25) is 0 Å². The lowest BCUT2D eigenvalue weighted by Gasteiger charge is -2.12. The van der Waals surface area contributed by atoms with Gasteiger partial charge in [0.05, 0.1) is 0 Å². The number of benzene rings is 1. The van der Waals surface area contributed by atoms with Crippen molar-refractivity contribution in [3.05, 3.63) is 22.7 Å². The summed E-state index contributed by atoms with van der Waals surface area (Å²) in [5.74, 6) is -1.64. The third kappa shape index (κ3) is 3.34. The maximum absolute atomic E-state index is 10.6. The fourth-order valence-corrected chi connectivity index (χ4v) is 1.60. The van der Waals surface area contributed by atoms with E-state index in [1.807, 2.05) is 0 Å². The Bertz CT molecular complexity index is 440. The molecule has 1 aromatic carbocycles. The van der Waals surface area contributed by atoms with E-state index in [1.54, 1.807) is 0 Å². The molecule has 1 atom stereocenters. The van der Waals surface area contributed by atoms with Gasteiger partial charge < -0.3 is 26.0 Å². The maximum Gasteiger partial charge on any atom is 0.492 e. The summed E-state index contributed by atoms with van der Waals surface area (Å²) in [7, 11) is -1.89. The van der Waals surface area contributed by atoms with Crippen molar-refractivity contribution in [2.24, 2.45) is 5.73 Å². The third-order valence-electron chi connectivity index (χ3n) is 2.22. The molecule has 0 aliphatic rings. The van der Waals surface area contributed by atoms with Gasteiger partial charge in [0, 0.05) is 16.9 Å². The van der Waals surface area contributed by atoms with Crippen LogP contribution in [0.2, 0.25) is 5.02 Å². The first-order chi connectivity index (χ1) is 7.82. The second-order valence-corrected chi connectivity index (χ2v) is 3.96. The highest BCUT2D eigenvalue weighted by atomic mass is 35.5. The number of hydrogen-bond donors (Lipinski definition) is 5. The molecule has 0 amide bonds. The largest absolute Gasteiger partial charge is 0.508 e. The fraction of sp³-hybridized carbons (Fsp3) is 0.222. The molecule has 92 valence electrons. The maximum atomic E-state index is 10.6. The molecule has 6 N–H and O–H groups in total. The quantitative estimate of drug-likeness (QED) is 0.427. The van der Waals surface area contributed by atoms with Crippen LogP contribution in [0.15, 0.2) is 12.1 Å². The highest BCUT2D eigenvalue weighted by Gasteiger charge is 2.22. The van der Waals surface area contributed by atoms with Gasteiger partial charge in [-0.25, -0.2) is 0 Å². The molecule has 0 spiro atoms. The average molecular weight is 259 g/mol. The molecule has 0 heterocycles. The van der Waals surface area contributed by atoms with E-state index in [0.717, 1.165) is 0 Å². The smallest absolute Gasteiger partial charge is 0.492 e. The van der Waals surface area contributed by atoms with Crippen LogP contribution < -0.4 is 11.2 Å². The van der Waals surface area contributed by atoms with E-state index in [4.69, 9.17) is 32.5 Å². The van der Waals surface area contributed by atoms with Crippen LogP contribution in [-0.2, 0) is 11.2 Å². The minimum Gasteiger partial charge on any atom is -0.508 e. The summed E-state index contributed by atoms with van der Waals surface area (Å²) in [6, 6.07) is 1.30. The van der Waals surface area contributed by atoms with Crippen LogP contribution in [0.4, 0.5) is 0 Å². The van der Waals surface area contributed by atoms with Crippen LogP contribution in [0.1, 0.15) is 5.56 Å². The zero-order chi connectivity index (χ0) is 13.2. The summed E-state index contributed by atoms with van der Waals surface area (Å²) in [5, 5.41) is 36.5. The molecular formula is C9H11BClNO5. The number of hydrogen-bond acceptors (Lipinski definition) is 5. The Hall–Kier alpha value is -1.28. The zero-order valence-electron chi connectivity index (χ0n) is 8.67. The van der Waals surface area contributed by atoms with Crippen molar-refractivity contribution < 1.29 is 25.1 Å². The molecule has 17 heavy (non-hydrogen) atoms. The molecule has 8 heteroatoms. The van der Waals surface area contributed by atoms with Gasteiger partial charge >= 0.3 is 13.1 Å². The molecule has 0 aromatic heterocycles. The molecule has 0 aliphatic carbocycles. The average Bonchev–Trinajstić information content (AvgIpc) is 2.22. The van der Waals surface area contributed by atoms with E-state index in [0.29, 0.717) is 0 Å². The van der Waals surface area contributed by atoms with E-state index in [2.05, 4.69) is 0 Å². The Balaban J connectivity index is 3.11. The summed E-state index contributed by atoms with van der Waals surface area (Å²) >= 11 is 5.71. The first-order valence-electron chi connectivity index (χ1n) is 4.68. The van der Waals surface area contributed by atoms with Gasteiger partial charge in [0.25, 0.3) is 0 Å². The van der Waals surface area contributed by atoms with E-state index in [9.17, 15) is 9.90 Å². The molecular weight excluding hydrogens is 248 g/mol. The summed E-state index contributed by atoms with van der Waals surface area (Å²) in [4.78, 5) is 10.6. The summed E-state index contributed by atoms with van der Waals surface area (Å²) in [5.41, 5.74) is 5.27. The molecule has 1 rings (SSSR count). The number of aromatic hydroxyl groups is 1. The molecule has 0 unspecified atom stereocenters. The Kier molecular flexibility index (Phi) is 4.36. The van der Waals surface area contributed by atoms with Crippen LogP contribution in [0.5, 0.6) is 5.75 Å². The molecule has 0 bridgehead atoms. The van der Waals surface area contributed by atoms with Gasteiger partial charge in [-0.3, -0.25) is 4.79 Å². The number of carboxylic acids is 1. The van der Waals surface area contributed by atoms with Crippen molar-refractivity contribution in [2.75, 3.05) is 0 Å². The van der Waals surface area contributed by atoms with Gasteiger partial charge in [-0.1, -0.05) is 11.6 Å². The van der Waals surface area contributed by atoms with Gasteiger partial charge in [0.1, 0.15) is 11.8 Å². The number of nitrogens with two attached hydrogens (primary N) is 1. The topological polar surface area (TPSA) is 124 Å². The normalized spacial score (nSPS) is 12.2.